The van der Waals surface area contributed by atoms with Crippen LogP contribution in [-0.4, -0.2) is 29.0 Å². The fourth-order valence-electron chi connectivity index (χ4n) is 3.82. The van der Waals surface area contributed by atoms with Crippen LogP contribution in [0.25, 0.3) is 0 Å². The standard InChI is InChI=1S/C25H26FN3O3/c1-17(27-2)21-15-28-12-13-29(14-18-8-10-20(26)11-9-18)25(31)22(28)24(23(21)30)32-16-19-6-4-3-5-7-19/h3-11,15,17,27H,12-14,16H2,1-2H3. The zero-order chi connectivity index (χ0) is 22.7. The van der Waals surface area contributed by atoms with Gasteiger partial charge >= 0.3 is 0 Å². The first kappa shape index (κ1) is 21.8. The van der Waals surface area contributed by atoms with E-state index in [1.54, 1.807) is 30.3 Å². The number of aromatic nitrogens is 1. The van der Waals surface area contributed by atoms with Crippen molar-refractivity contribution in [2.45, 2.75) is 32.7 Å². The maximum Gasteiger partial charge on any atom is 0.274 e. The van der Waals surface area contributed by atoms with Gasteiger partial charge in [-0.2, -0.15) is 0 Å². The Morgan fingerprint density at radius 1 is 1.03 bits per heavy atom. The minimum absolute atomic E-state index is 0.0715. The zero-order valence-corrected chi connectivity index (χ0v) is 18.2. The summed E-state index contributed by atoms with van der Waals surface area (Å²) in [6.07, 6.45) is 1.75. The van der Waals surface area contributed by atoms with Crippen molar-refractivity contribution in [2.24, 2.45) is 0 Å². The van der Waals surface area contributed by atoms with Crippen LogP contribution < -0.4 is 15.5 Å². The summed E-state index contributed by atoms with van der Waals surface area (Å²) >= 11 is 0. The smallest absolute Gasteiger partial charge is 0.274 e. The molecule has 2 heterocycles. The highest BCUT2D eigenvalue weighted by atomic mass is 19.1. The van der Waals surface area contributed by atoms with Gasteiger partial charge < -0.3 is 19.5 Å². The monoisotopic (exact) mass is 435 g/mol. The Kier molecular flexibility index (Phi) is 6.37. The predicted octanol–water partition coefficient (Wildman–Crippen LogP) is 3.50. The number of carbonyl (C=O) groups is 1. The van der Waals surface area contributed by atoms with Gasteiger partial charge in [-0.15, -0.1) is 0 Å². The topological polar surface area (TPSA) is 63.6 Å². The van der Waals surface area contributed by atoms with E-state index in [4.69, 9.17) is 4.74 Å². The highest BCUT2D eigenvalue weighted by Crippen LogP contribution is 2.25. The quantitative estimate of drug-likeness (QED) is 0.617. The molecule has 1 aromatic heterocycles. The van der Waals surface area contributed by atoms with Crippen LogP contribution in [0.3, 0.4) is 0 Å². The zero-order valence-electron chi connectivity index (χ0n) is 18.2. The maximum atomic E-state index is 13.4. The van der Waals surface area contributed by atoms with E-state index >= 15 is 0 Å². The summed E-state index contributed by atoms with van der Waals surface area (Å²) in [4.78, 5) is 28.4. The first-order chi connectivity index (χ1) is 15.5. The summed E-state index contributed by atoms with van der Waals surface area (Å²) in [5.74, 6) is -0.523. The van der Waals surface area contributed by atoms with Crippen molar-refractivity contribution >= 4 is 5.91 Å². The third kappa shape index (κ3) is 4.43. The molecule has 1 N–H and O–H groups in total. The lowest BCUT2D eigenvalue weighted by Gasteiger charge is -2.32. The van der Waals surface area contributed by atoms with Crippen molar-refractivity contribution in [2.75, 3.05) is 13.6 Å². The van der Waals surface area contributed by atoms with Crippen molar-refractivity contribution in [1.82, 2.24) is 14.8 Å². The lowest BCUT2D eigenvalue weighted by Crippen LogP contribution is -2.42. The number of amides is 1. The highest BCUT2D eigenvalue weighted by molar-refractivity contribution is 5.96. The fourth-order valence-corrected chi connectivity index (χ4v) is 3.82. The van der Waals surface area contributed by atoms with Crippen LogP contribution in [0, 0.1) is 5.82 Å². The average molecular weight is 435 g/mol. The Balaban J connectivity index is 1.70. The molecule has 0 saturated heterocycles. The van der Waals surface area contributed by atoms with Gasteiger partial charge in [-0.05, 0) is 37.2 Å². The first-order valence-electron chi connectivity index (χ1n) is 10.6. The highest BCUT2D eigenvalue weighted by Gasteiger charge is 2.31. The molecule has 1 unspecified atom stereocenters. The molecule has 0 fully saturated rings. The number of hydrogen-bond donors (Lipinski definition) is 1. The average Bonchev–Trinajstić information content (AvgIpc) is 2.81. The summed E-state index contributed by atoms with van der Waals surface area (Å²) in [7, 11) is 1.79. The molecule has 1 aliphatic heterocycles. The largest absolute Gasteiger partial charge is 0.483 e. The minimum atomic E-state index is -0.321. The van der Waals surface area contributed by atoms with E-state index in [1.165, 1.54) is 12.1 Å². The molecule has 1 atom stereocenters. The minimum Gasteiger partial charge on any atom is -0.483 e. The van der Waals surface area contributed by atoms with Gasteiger partial charge in [0.2, 0.25) is 5.43 Å². The first-order valence-corrected chi connectivity index (χ1v) is 10.6. The summed E-state index contributed by atoms with van der Waals surface area (Å²) < 4.78 is 21.1. The second-order valence-electron chi connectivity index (χ2n) is 7.92. The Labute approximate surface area is 186 Å². The summed E-state index contributed by atoms with van der Waals surface area (Å²) in [5.41, 5.74) is 2.25. The van der Waals surface area contributed by atoms with Crippen LogP contribution in [0.1, 0.15) is 40.1 Å². The van der Waals surface area contributed by atoms with Crippen molar-refractivity contribution in [3.63, 3.8) is 0 Å². The summed E-state index contributed by atoms with van der Waals surface area (Å²) in [5, 5.41) is 3.09. The van der Waals surface area contributed by atoms with E-state index in [0.717, 1.165) is 11.1 Å². The molecule has 4 rings (SSSR count). The normalized spacial score (nSPS) is 14.2. The number of carbonyl (C=O) groups excluding carboxylic acids is 1. The van der Waals surface area contributed by atoms with E-state index in [2.05, 4.69) is 5.32 Å². The van der Waals surface area contributed by atoms with E-state index in [0.29, 0.717) is 25.2 Å². The van der Waals surface area contributed by atoms with E-state index < -0.39 is 0 Å². The number of pyridine rings is 1. The van der Waals surface area contributed by atoms with Crippen LogP contribution in [0.4, 0.5) is 4.39 Å². The van der Waals surface area contributed by atoms with Gasteiger partial charge in [0.25, 0.3) is 5.91 Å². The predicted molar refractivity (Wildman–Crippen MR) is 120 cm³/mol. The van der Waals surface area contributed by atoms with E-state index in [9.17, 15) is 14.0 Å². The van der Waals surface area contributed by atoms with Crippen LogP contribution in [0.15, 0.2) is 65.6 Å². The molecule has 0 spiro atoms. The molecule has 6 nitrogen and oxygen atoms in total. The second kappa shape index (κ2) is 9.36. The van der Waals surface area contributed by atoms with Crippen LogP contribution in [0.2, 0.25) is 0 Å². The van der Waals surface area contributed by atoms with Crippen LogP contribution in [0.5, 0.6) is 5.75 Å². The third-order valence-electron chi connectivity index (χ3n) is 5.78. The summed E-state index contributed by atoms with van der Waals surface area (Å²) in [6.45, 7) is 3.44. The Morgan fingerprint density at radius 2 is 1.75 bits per heavy atom. The number of rotatable bonds is 7. The number of nitrogens with one attached hydrogen (secondary N) is 1. The molecule has 1 aliphatic rings. The lowest BCUT2D eigenvalue weighted by atomic mass is 10.1. The van der Waals surface area contributed by atoms with Crippen LogP contribution in [-0.2, 0) is 19.7 Å². The molecule has 0 radical (unpaired) electrons. The second-order valence-corrected chi connectivity index (χ2v) is 7.92. The maximum absolute atomic E-state index is 13.4. The molecule has 0 aliphatic carbocycles. The molecule has 7 heteroatoms. The molecular weight excluding hydrogens is 409 g/mol. The molecule has 166 valence electrons. The van der Waals surface area contributed by atoms with Crippen molar-refractivity contribution in [1.29, 1.82) is 0 Å². The Bertz CT molecular complexity index is 1160. The Hall–Kier alpha value is -3.45. The van der Waals surface area contributed by atoms with Gasteiger partial charge in [-0.25, -0.2) is 4.39 Å². The van der Waals surface area contributed by atoms with Gasteiger partial charge in [0.1, 0.15) is 12.4 Å². The molecular formula is C25H26FN3O3. The number of ether oxygens (including phenoxy) is 1. The number of fused-ring (bicyclic) bond motifs is 1. The SMILES string of the molecule is CNC(C)c1cn2c(c(OCc3ccccc3)c1=O)C(=O)N(Cc1ccc(F)cc1)CC2. The van der Waals surface area contributed by atoms with Crippen molar-refractivity contribution < 1.29 is 13.9 Å². The lowest BCUT2D eigenvalue weighted by molar-refractivity contribution is 0.0679. The molecule has 3 aromatic rings. The van der Waals surface area contributed by atoms with Gasteiger partial charge in [-0.1, -0.05) is 42.5 Å². The number of halogens is 1. The molecule has 32 heavy (non-hydrogen) atoms. The van der Waals surface area contributed by atoms with Gasteiger partial charge in [0.15, 0.2) is 11.4 Å². The van der Waals surface area contributed by atoms with Crippen molar-refractivity contribution in [3.05, 3.63) is 99.2 Å². The van der Waals surface area contributed by atoms with Crippen LogP contribution >= 0.6 is 0 Å². The molecule has 0 bridgehead atoms. The van der Waals surface area contributed by atoms with Gasteiger partial charge in [0, 0.05) is 37.4 Å². The molecule has 2 aromatic carbocycles. The van der Waals surface area contributed by atoms with Crippen molar-refractivity contribution in [3.8, 4) is 5.75 Å². The Morgan fingerprint density at radius 3 is 2.44 bits per heavy atom. The number of nitrogens with zero attached hydrogens (tertiary/aromatic N) is 2. The van der Waals surface area contributed by atoms with E-state index in [1.807, 2.05) is 41.8 Å². The number of benzene rings is 2. The van der Waals surface area contributed by atoms with Gasteiger partial charge in [0.05, 0.1) is 0 Å². The molecule has 1 amide bonds. The van der Waals surface area contributed by atoms with E-state index in [-0.39, 0.29) is 41.2 Å². The van der Waals surface area contributed by atoms with Gasteiger partial charge in [-0.3, -0.25) is 9.59 Å². The summed E-state index contributed by atoms with van der Waals surface area (Å²) in [6, 6.07) is 15.4. The molecule has 0 saturated carbocycles. The fraction of sp³-hybridized carbons (Fsp3) is 0.280. The third-order valence-corrected chi connectivity index (χ3v) is 5.78. The number of hydrogen-bond acceptors (Lipinski definition) is 4.